The Labute approximate surface area is 151 Å². The monoisotopic (exact) mass is 355 g/mol. The molecule has 2 aromatic carbocycles. The predicted octanol–water partition coefficient (Wildman–Crippen LogP) is 4.24. The molecule has 6 heteroatoms. The van der Waals surface area contributed by atoms with Gasteiger partial charge in [0.15, 0.2) is 5.82 Å². The number of anilines is 1. The normalized spacial score (nSPS) is 10.5. The molecule has 0 atom stereocenters. The number of ether oxygens (including phenoxy) is 1. The highest BCUT2D eigenvalue weighted by Crippen LogP contribution is 2.14. The molecule has 1 N–H and O–H groups in total. The summed E-state index contributed by atoms with van der Waals surface area (Å²) in [6, 6.07) is 16.3. The van der Waals surface area contributed by atoms with Gasteiger partial charge in [0, 0.05) is 22.8 Å². The number of benzene rings is 2. The fourth-order valence-electron chi connectivity index (χ4n) is 2.35. The maximum Gasteiger partial charge on any atom is 0.256 e. The van der Waals surface area contributed by atoms with E-state index >= 15 is 0 Å². The minimum Gasteiger partial charge on any atom is -0.494 e. The van der Waals surface area contributed by atoms with E-state index < -0.39 is 0 Å². The van der Waals surface area contributed by atoms with Crippen LogP contribution in [0.4, 0.5) is 5.82 Å². The molecule has 0 aliphatic carbocycles. The Morgan fingerprint density at radius 2 is 1.84 bits per heavy atom. The van der Waals surface area contributed by atoms with E-state index in [9.17, 15) is 4.79 Å². The number of carbonyl (C=O) groups excluding carboxylic acids is 1. The quantitative estimate of drug-likeness (QED) is 0.719. The van der Waals surface area contributed by atoms with Gasteiger partial charge < -0.3 is 10.1 Å². The Kier molecular flexibility index (Phi) is 5.36. The summed E-state index contributed by atoms with van der Waals surface area (Å²) in [5, 5.41) is 7.86. The Balaban J connectivity index is 1.62. The second kappa shape index (κ2) is 7.85. The van der Waals surface area contributed by atoms with Crippen LogP contribution in [-0.4, -0.2) is 22.3 Å². The summed E-state index contributed by atoms with van der Waals surface area (Å²) in [7, 11) is 0. The molecular formula is C19H18ClN3O2. The summed E-state index contributed by atoms with van der Waals surface area (Å²) in [4.78, 5) is 12.3. The molecule has 0 bridgehead atoms. The third kappa shape index (κ3) is 4.61. The first kappa shape index (κ1) is 17.0. The van der Waals surface area contributed by atoms with Gasteiger partial charge in [-0.15, -0.1) is 0 Å². The molecule has 0 saturated carbocycles. The first-order valence-corrected chi connectivity index (χ1v) is 8.34. The van der Waals surface area contributed by atoms with E-state index in [0.717, 1.165) is 11.3 Å². The fourth-order valence-corrected chi connectivity index (χ4v) is 2.48. The van der Waals surface area contributed by atoms with Crippen LogP contribution in [0.15, 0.2) is 60.8 Å². The molecule has 25 heavy (non-hydrogen) atoms. The van der Waals surface area contributed by atoms with Gasteiger partial charge in [-0.2, -0.15) is 5.10 Å². The van der Waals surface area contributed by atoms with E-state index in [1.54, 1.807) is 35.0 Å². The molecule has 0 radical (unpaired) electrons. The molecule has 1 aromatic heterocycles. The molecule has 1 heterocycles. The smallest absolute Gasteiger partial charge is 0.256 e. The lowest BCUT2D eigenvalue weighted by atomic mass is 10.2. The third-order valence-corrected chi connectivity index (χ3v) is 3.82. The van der Waals surface area contributed by atoms with Gasteiger partial charge in [-0.25, -0.2) is 0 Å². The molecule has 0 saturated heterocycles. The number of halogens is 1. The summed E-state index contributed by atoms with van der Waals surface area (Å²) < 4.78 is 7.13. The number of aromatic nitrogens is 2. The van der Waals surface area contributed by atoms with Crippen molar-refractivity contribution in [3.63, 3.8) is 0 Å². The maximum absolute atomic E-state index is 12.3. The summed E-state index contributed by atoms with van der Waals surface area (Å²) in [5.74, 6) is 1.04. The van der Waals surface area contributed by atoms with E-state index in [1.165, 1.54) is 0 Å². The highest BCUT2D eigenvalue weighted by atomic mass is 35.5. The van der Waals surface area contributed by atoms with Gasteiger partial charge in [0.25, 0.3) is 5.91 Å². The number of hydrogen-bond acceptors (Lipinski definition) is 3. The highest BCUT2D eigenvalue weighted by molar-refractivity contribution is 6.30. The first-order valence-electron chi connectivity index (χ1n) is 7.96. The van der Waals surface area contributed by atoms with Crippen molar-refractivity contribution in [2.24, 2.45) is 0 Å². The van der Waals surface area contributed by atoms with Crippen molar-refractivity contribution in [2.45, 2.75) is 13.5 Å². The molecule has 0 spiro atoms. The number of hydrogen-bond donors (Lipinski definition) is 1. The molecular weight excluding hydrogens is 338 g/mol. The lowest BCUT2D eigenvalue weighted by Gasteiger charge is -2.05. The molecule has 3 rings (SSSR count). The summed E-state index contributed by atoms with van der Waals surface area (Å²) in [6.45, 7) is 3.12. The Morgan fingerprint density at radius 1 is 1.12 bits per heavy atom. The topological polar surface area (TPSA) is 56.1 Å². The standard InChI is InChI=1S/C19H18ClN3O2/c1-2-25-17-9-5-15(6-10-17)19(24)21-18-11-12-23(22-18)13-14-3-7-16(20)8-4-14/h3-12H,2,13H2,1H3,(H,21,22,24). The zero-order valence-corrected chi connectivity index (χ0v) is 14.5. The lowest BCUT2D eigenvalue weighted by Crippen LogP contribution is -2.12. The van der Waals surface area contributed by atoms with Crippen molar-refractivity contribution in [1.29, 1.82) is 0 Å². The number of rotatable bonds is 6. The Morgan fingerprint density at radius 3 is 2.52 bits per heavy atom. The molecule has 0 aliphatic rings. The Bertz CT molecular complexity index is 842. The average molecular weight is 356 g/mol. The fraction of sp³-hybridized carbons (Fsp3) is 0.158. The second-order valence-electron chi connectivity index (χ2n) is 5.44. The molecule has 0 unspecified atom stereocenters. The van der Waals surface area contributed by atoms with Gasteiger partial charge in [0.1, 0.15) is 5.75 Å². The average Bonchev–Trinajstić information content (AvgIpc) is 3.05. The first-order chi connectivity index (χ1) is 12.1. The van der Waals surface area contributed by atoms with Crippen LogP contribution in [-0.2, 0) is 6.54 Å². The van der Waals surface area contributed by atoms with Crippen molar-refractivity contribution < 1.29 is 9.53 Å². The molecule has 0 fully saturated rings. The highest BCUT2D eigenvalue weighted by Gasteiger charge is 2.08. The summed E-state index contributed by atoms with van der Waals surface area (Å²) in [5.41, 5.74) is 1.63. The maximum atomic E-state index is 12.3. The van der Waals surface area contributed by atoms with Crippen LogP contribution in [0.1, 0.15) is 22.8 Å². The van der Waals surface area contributed by atoms with Crippen LogP contribution >= 0.6 is 11.6 Å². The van der Waals surface area contributed by atoms with Gasteiger partial charge >= 0.3 is 0 Å². The van der Waals surface area contributed by atoms with E-state index in [2.05, 4.69) is 10.4 Å². The SMILES string of the molecule is CCOc1ccc(C(=O)Nc2ccn(Cc3ccc(Cl)cc3)n2)cc1. The Hall–Kier alpha value is -2.79. The summed E-state index contributed by atoms with van der Waals surface area (Å²) >= 11 is 5.88. The molecule has 3 aromatic rings. The van der Waals surface area contributed by atoms with E-state index in [0.29, 0.717) is 29.6 Å². The van der Waals surface area contributed by atoms with Crippen molar-refractivity contribution in [3.05, 3.63) is 76.9 Å². The van der Waals surface area contributed by atoms with Crippen LogP contribution in [0.2, 0.25) is 5.02 Å². The number of nitrogens with one attached hydrogen (secondary N) is 1. The van der Waals surface area contributed by atoms with Gasteiger partial charge in [-0.05, 0) is 48.9 Å². The number of carbonyl (C=O) groups is 1. The number of amides is 1. The van der Waals surface area contributed by atoms with Crippen LogP contribution < -0.4 is 10.1 Å². The van der Waals surface area contributed by atoms with Crippen LogP contribution in [0.25, 0.3) is 0 Å². The number of nitrogens with zero attached hydrogens (tertiary/aromatic N) is 2. The van der Waals surface area contributed by atoms with E-state index in [4.69, 9.17) is 16.3 Å². The molecule has 0 aliphatic heterocycles. The lowest BCUT2D eigenvalue weighted by molar-refractivity contribution is 0.102. The van der Waals surface area contributed by atoms with Gasteiger partial charge in [-0.3, -0.25) is 9.48 Å². The van der Waals surface area contributed by atoms with Gasteiger partial charge in [0.05, 0.1) is 13.2 Å². The van der Waals surface area contributed by atoms with E-state index in [-0.39, 0.29) is 5.91 Å². The van der Waals surface area contributed by atoms with Crippen LogP contribution in [0.3, 0.4) is 0 Å². The van der Waals surface area contributed by atoms with Crippen LogP contribution in [0.5, 0.6) is 5.75 Å². The van der Waals surface area contributed by atoms with Crippen molar-refractivity contribution in [3.8, 4) is 5.75 Å². The molecule has 1 amide bonds. The van der Waals surface area contributed by atoms with Gasteiger partial charge in [-0.1, -0.05) is 23.7 Å². The third-order valence-electron chi connectivity index (χ3n) is 3.57. The van der Waals surface area contributed by atoms with Crippen LogP contribution in [0, 0.1) is 0 Å². The minimum atomic E-state index is -0.209. The predicted molar refractivity (Wildman–Crippen MR) is 98.3 cm³/mol. The zero-order valence-electron chi connectivity index (χ0n) is 13.8. The molecule has 5 nitrogen and oxygen atoms in total. The van der Waals surface area contributed by atoms with Crippen molar-refractivity contribution in [2.75, 3.05) is 11.9 Å². The summed E-state index contributed by atoms with van der Waals surface area (Å²) in [6.07, 6.45) is 1.82. The minimum absolute atomic E-state index is 0.209. The zero-order chi connectivity index (χ0) is 17.6. The van der Waals surface area contributed by atoms with Gasteiger partial charge in [0.2, 0.25) is 0 Å². The van der Waals surface area contributed by atoms with Crippen molar-refractivity contribution in [1.82, 2.24) is 9.78 Å². The largest absolute Gasteiger partial charge is 0.494 e. The van der Waals surface area contributed by atoms with E-state index in [1.807, 2.05) is 37.4 Å². The second-order valence-corrected chi connectivity index (χ2v) is 5.87. The van der Waals surface area contributed by atoms with Crippen molar-refractivity contribution >= 4 is 23.3 Å². The molecule has 128 valence electrons.